The molecule has 1 N–H and O–H groups in total. The van der Waals surface area contributed by atoms with Crippen LogP contribution in [0.4, 0.5) is 11.4 Å². The second-order valence-corrected chi connectivity index (χ2v) is 6.08. The van der Waals surface area contributed by atoms with Gasteiger partial charge in [0.2, 0.25) is 0 Å². The van der Waals surface area contributed by atoms with Crippen LogP contribution in [0.1, 0.15) is 25.8 Å². The fraction of sp³-hybridized carbons (Fsp3) is 0.333. The summed E-state index contributed by atoms with van der Waals surface area (Å²) in [6, 6.07) is 19.3. The molecule has 1 heterocycles. The Hall–Kier alpha value is -1.96. The second-order valence-electron chi connectivity index (χ2n) is 6.08. The zero-order valence-corrected chi connectivity index (χ0v) is 12.3. The molecule has 0 spiro atoms. The van der Waals surface area contributed by atoms with Crippen molar-refractivity contribution in [2.24, 2.45) is 0 Å². The highest BCUT2D eigenvalue weighted by molar-refractivity contribution is 5.72. The minimum atomic E-state index is 0.148. The van der Waals surface area contributed by atoms with E-state index in [1.807, 2.05) is 0 Å². The fourth-order valence-electron chi connectivity index (χ4n) is 2.89. The highest BCUT2D eigenvalue weighted by atomic mass is 15.2. The Morgan fingerprint density at radius 2 is 1.70 bits per heavy atom. The number of benzene rings is 2. The van der Waals surface area contributed by atoms with Crippen LogP contribution in [0.25, 0.3) is 0 Å². The van der Waals surface area contributed by atoms with Gasteiger partial charge in [-0.1, -0.05) is 42.5 Å². The first-order chi connectivity index (χ1) is 9.67. The van der Waals surface area contributed by atoms with E-state index >= 15 is 0 Å². The average Bonchev–Trinajstić information content (AvgIpc) is 2.58. The lowest BCUT2D eigenvalue weighted by Gasteiger charge is -2.39. The van der Waals surface area contributed by atoms with E-state index in [4.69, 9.17) is 0 Å². The third kappa shape index (κ3) is 2.51. The van der Waals surface area contributed by atoms with E-state index < -0.39 is 0 Å². The normalized spacial score (nSPS) is 17.0. The van der Waals surface area contributed by atoms with E-state index in [2.05, 4.69) is 78.7 Å². The number of hydrogen-bond acceptors (Lipinski definition) is 2. The van der Waals surface area contributed by atoms with Crippen LogP contribution in [0, 0.1) is 0 Å². The monoisotopic (exact) mass is 266 g/mol. The van der Waals surface area contributed by atoms with Crippen LogP contribution in [-0.4, -0.2) is 12.1 Å². The summed E-state index contributed by atoms with van der Waals surface area (Å²) in [4.78, 5) is 2.53. The Balaban J connectivity index is 2.00. The molecule has 0 radical (unpaired) electrons. The van der Waals surface area contributed by atoms with Gasteiger partial charge in [-0.2, -0.15) is 0 Å². The smallest absolute Gasteiger partial charge is 0.0609 e. The van der Waals surface area contributed by atoms with E-state index in [-0.39, 0.29) is 5.54 Å². The van der Waals surface area contributed by atoms with Crippen molar-refractivity contribution >= 4 is 11.4 Å². The molecule has 0 aromatic heterocycles. The molecule has 2 nitrogen and oxygen atoms in total. The van der Waals surface area contributed by atoms with Gasteiger partial charge < -0.3 is 10.2 Å². The topological polar surface area (TPSA) is 15.3 Å². The molecule has 0 saturated carbocycles. The molecule has 0 atom stereocenters. The average molecular weight is 266 g/mol. The maximum Gasteiger partial charge on any atom is 0.0609 e. The molecule has 0 bridgehead atoms. The second kappa shape index (κ2) is 5.20. The first kappa shape index (κ1) is 13.0. The van der Waals surface area contributed by atoms with Crippen molar-refractivity contribution in [2.45, 2.75) is 32.4 Å². The minimum absolute atomic E-state index is 0.148. The van der Waals surface area contributed by atoms with Crippen LogP contribution in [0.2, 0.25) is 0 Å². The van der Waals surface area contributed by atoms with E-state index in [0.717, 1.165) is 19.5 Å². The van der Waals surface area contributed by atoms with E-state index in [1.54, 1.807) is 0 Å². The summed E-state index contributed by atoms with van der Waals surface area (Å²) < 4.78 is 0. The van der Waals surface area contributed by atoms with Gasteiger partial charge in [0.05, 0.1) is 11.4 Å². The van der Waals surface area contributed by atoms with Gasteiger partial charge >= 0.3 is 0 Å². The van der Waals surface area contributed by atoms with Crippen LogP contribution in [-0.2, 0) is 6.54 Å². The predicted molar refractivity (Wildman–Crippen MR) is 86.3 cm³/mol. The van der Waals surface area contributed by atoms with Gasteiger partial charge in [0.15, 0.2) is 0 Å². The molecule has 2 heteroatoms. The highest BCUT2D eigenvalue weighted by Crippen LogP contribution is 2.36. The summed E-state index contributed by atoms with van der Waals surface area (Å²) in [5.74, 6) is 0. The summed E-state index contributed by atoms with van der Waals surface area (Å²) in [5, 5.41) is 3.55. The molecule has 2 aromatic carbocycles. The van der Waals surface area contributed by atoms with Crippen molar-refractivity contribution in [1.29, 1.82) is 0 Å². The number of anilines is 2. The molecule has 1 aliphatic heterocycles. The van der Waals surface area contributed by atoms with Crippen LogP contribution in [0.3, 0.4) is 0 Å². The van der Waals surface area contributed by atoms with Gasteiger partial charge in [0, 0.05) is 18.6 Å². The number of hydrogen-bond donors (Lipinski definition) is 1. The number of nitrogens with one attached hydrogen (secondary N) is 1. The Kier molecular flexibility index (Phi) is 3.39. The minimum Gasteiger partial charge on any atom is -0.383 e. The first-order valence-electron chi connectivity index (χ1n) is 7.31. The number of nitrogens with zero attached hydrogens (tertiary/aromatic N) is 1. The van der Waals surface area contributed by atoms with Crippen molar-refractivity contribution in [3.8, 4) is 0 Å². The third-order valence-corrected chi connectivity index (χ3v) is 4.16. The predicted octanol–water partition coefficient (Wildman–Crippen LogP) is 4.29. The van der Waals surface area contributed by atoms with Crippen molar-refractivity contribution in [1.82, 2.24) is 0 Å². The van der Waals surface area contributed by atoms with Crippen molar-refractivity contribution in [2.75, 3.05) is 16.8 Å². The SMILES string of the molecule is CC1(C)CCNc2ccccc2N1Cc1ccccc1. The van der Waals surface area contributed by atoms with Crippen LogP contribution >= 0.6 is 0 Å². The molecule has 0 aliphatic carbocycles. The number of rotatable bonds is 2. The van der Waals surface area contributed by atoms with Gasteiger partial charge in [0.25, 0.3) is 0 Å². The van der Waals surface area contributed by atoms with Crippen molar-refractivity contribution in [3.05, 3.63) is 60.2 Å². The quantitative estimate of drug-likeness (QED) is 0.872. The summed E-state index contributed by atoms with van der Waals surface area (Å²) >= 11 is 0. The Bertz CT molecular complexity index is 575. The first-order valence-corrected chi connectivity index (χ1v) is 7.31. The van der Waals surface area contributed by atoms with Gasteiger partial charge in [0.1, 0.15) is 0 Å². The van der Waals surface area contributed by atoms with Gasteiger partial charge in [-0.05, 0) is 38.0 Å². The maximum absolute atomic E-state index is 3.55. The Morgan fingerprint density at radius 3 is 2.50 bits per heavy atom. The molecule has 0 saturated heterocycles. The van der Waals surface area contributed by atoms with Crippen LogP contribution in [0.15, 0.2) is 54.6 Å². The van der Waals surface area contributed by atoms with E-state index in [0.29, 0.717) is 0 Å². The van der Waals surface area contributed by atoms with Crippen LogP contribution in [0.5, 0.6) is 0 Å². The standard InChI is InChI=1S/C18H22N2/c1-18(2)12-13-19-16-10-6-7-11-17(16)20(18)14-15-8-4-3-5-9-15/h3-11,19H,12-14H2,1-2H3. The molecule has 104 valence electrons. The molecular formula is C18H22N2. The molecule has 1 aliphatic rings. The summed E-state index contributed by atoms with van der Waals surface area (Å²) in [6.45, 7) is 6.64. The zero-order chi connectivity index (χ0) is 14.0. The summed E-state index contributed by atoms with van der Waals surface area (Å²) in [6.07, 6.45) is 1.13. The molecule has 3 rings (SSSR count). The van der Waals surface area contributed by atoms with E-state index in [1.165, 1.54) is 16.9 Å². The molecule has 0 unspecified atom stereocenters. The van der Waals surface area contributed by atoms with Gasteiger partial charge in [-0.15, -0.1) is 0 Å². The highest BCUT2D eigenvalue weighted by Gasteiger charge is 2.30. The molecule has 2 aromatic rings. The lowest BCUT2D eigenvalue weighted by molar-refractivity contribution is 0.440. The number of para-hydroxylation sites is 2. The molecule has 0 fully saturated rings. The zero-order valence-electron chi connectivity index (χ0n) is 12.3. The third-order valence-electron chi connectivity index (χ3n) is 4.16. The summed E-state index contributed by atoms with van der Waals surface area (Å²) in [5.41, 5.74) is 4.06. The maximum atomic E-state index is 3.55. The number of fused-ring (bicyclic) bond motifs is 1. The lowest BCUT2D eigenvalue weighted by Crippen LogP contribution is -2.43. The lowest BCUT2D eigenvalue weighted by atomic mass is 9.97. The Morgan fingerprint density at radius 1 is 1.00 bits per heavy atom. The van der Waals surface area contributed by atoms with Crippen LogP contribution < -0.4 is 10.2 Å². The van der Waals surface area contributed by atoms with Crippen molar-refractivity contribution in [3.63, 3.8) is 0 Å². The largest absolute Gasteiger partial charge is 0.383 e. The van der Waals surface area contributed by atoms with E-state index in [9.17, 15) is 0 Å². The summed E-state index contributed by atoms with van der Waals surface area (Å²) in [7, 11) is 0. The molecule has 20 heavy (non-hydrogen) atoms. The molecular weight excluding hydrogens is 244 g/mol. The molecule has 0 amide bonds. The van der Waals surface area contributed by atoms with Gasteiger partial charge in [-0.25, -0.2) is 0 Å². The Labute approximate surface area is 121 Å². The van der Waals surface area contributed by atoms with Gasteiger partial charge in [-0.3, -0.25) is 0 Å². The van der Waals surface area contributed by atoms with Crippen molar-refractivity contribution < 1.29 is 0 Å². The fourth-order valence-corrected chi connectivity index (χ4v) is 2.89.